The van der Waals surface area contributed by atoms with Crippen LogP contribution in [-0.2, 0) is 12.8 Å². The minimum atomic E-state index is -0.607. The Balaban J connectivity index is 2.55. The van der Waals surface area contributed by atoms with Crippen molar-refractivity contribution >= 4 is 11.6 Å². The Morgan fingerprint density at radius 3 is 2.58 bits per heavy atom. The number of nitrogens with one attached hydrogen (secondary N) is 2. The Kier molecular flexibility index (Phi) is 3.85. The Bertz CT molecular complexity index is 701. The molecule has 0 aliphatic carbocycles. The molecule has 0 aliphatic heterocycles. The van der Waals surface area contributed by atoms with Gasteiger partial charge in [0.05, 0.1) is 0 Å². The monoisotopic (exact) mass is 282 g/mol. The van der Waals surface area contributed by atoms with E-state index >= 15 is 0 Å². The number of hydrogen-bond donors (Lipinski definition) is 2. The summed E-state index contributed by atoms with van der Waals surface area (Å²) < 4.78 is 13.7. The van der Waals surface area contributed by atoms with Crippen LogP contribution in [0.4, 0.5) is 4.39 Å². The highest BCUT2D eigenvalue weighted by Crippen LogP contribution is 2.21. The van der Waals surface area contributed by atoms with E-state index < -0.39 is 17.1 Å². The molecule has 0 atom stereocenters. The maximum absolute atomic E-state index is 13.7. The van der Waals surface area contributed by atoms with Crippen LogP contribution in [0.25, 0.3) is 0 Å². The lowest BCUT2D eigenvalue weighted by molar-refractivity contribution is 0.612. The van der Waals surface area contributed by atoms with Crippen molar-refractivity contribution in [2.45, 2.75) is 19.8 Å². The van der Waals surface area contributed by atoms with Gasteiger partial charge in [-0.25, -0.2) is 9.18 Å². The minimum Gasteiger partial charge on any atom is -0.311 e. The van der Waals surface area contributed by atoms with Gasteiger partial charge in [-0.15, -0.1) is 0 Å². The van der Waals surface area contributed by atoms with E-state index in [0.717, 1.165) is 0 Å². The summed E-state index contributed by atoms with van der Waals surface area (Å²) in [6.07, 6.45) is 0.515. The van der Waals surface area contributed by atoms with E-state index in [0.29, 0.717) is 17.7 Å². The molecule has 0 fully saturated rings. The second-order valence-corrected chi connectivity index (χ2v) is 4.50. The first-order valence-corrected chi connectivity index (χ1v) is 6.18. The SMILES string of the molecule is CCc1c(Cc2c(F)cccc2Cl)[nH]c(=O)[nH]c1=O. The van der Waals surface area contributed by atoms with Crippen molar-refractivity contribution < 1.29 is 4.39 Å². The molecule has 0 spiro atoms. The summed E-state index contributed by atoms with van der Waals surface area (Å²) in [5.41, 5.74) is 0.0284. The standard InChI is InChI=1S/C13H12ClFN2O2/c1-2-7-11(16-13(19)17-12(7)18)6-8-9(14)4-3-5-10(8)15/h3-5H,2,6H2,1H3,(H2,16,17,18,19). The zero-order valence-corrected chi connectivity index (χ0v) is 11.0. The van der Waals surface area contributed by atoms with Gasteiger partial charge >= 0.3 is 5.69 Å². The Morgan fingerprint density at radius 2 is 1.95 bits per heavy atom. The quantitative estimate of drug-likeness (QED) is 0.904. The summed E-state index contributed by atoms with van der Waals surface area (Å²) in [5, 5.41) is 0.267. The van der Waals surface area contributed by atoms with Crippen molar-refractivity contribution in [2.75, 3.05) is 0 Å². The Labute approximate surface area is 113 Å². The first kappa shape index (κ1) is 13.5. The van der Waals surface area contributed by atoms with Gasteiger partial charge in [0.25, 0.3) is 5.56 Å². The number of halogens is 2. The first-order valence-electron chi connectivity index (χ1n) is 5.80. The van der Waals surface area contributed by atoms with Gasteiger partial charge in [0.1, 0.15) is 5.82 Å². The summed E-state index contributed by atoms with van der Waals surface area (Å²) in [6, 6.07) is 4.36. The molecule has 2 aromatic rings. The third-order valence-electron chi connectivity index (χ3n) is 2.90. The van der Waals surface area contributed by atoms with Crippen molar-refractivity contribution in [3.63, 3.8) is 0 Å². The fourth-order valence-electron chi connectivity index (χ4n) is 1.96. The lowest BCUT2D eigenvalue weighted by Crippen LogP contribution is -2.28. The zero-order valence-electron chi connectivity index (χ0n) is 10.2. The van der Waals surface area contributed by atoms with E-state index in [1.54, 1.807) is 13.0 Å². The highest BCUT2D eigenvalue weighted by molar-refractivity contribution is 6.31. The van der Waals surface area contributed by atoms with Crippen LogP contribution in [0.5, 0.6) is 0 Å². The van der Waals surface area contributed by atoms with E-state index in [1.807, 2.05) is 0 Å². The Hall–Kier alpha value is -1.88. The van der Waals surface area contributed by atoms with Crippen molar-refractivity contribution in [3.05, 3.63) is 66.7 Å². The van der Waals surface area contributed by atoms with Crippen molar-refractivity contribution in [3.8, 4) is 0 Å². The second kappa shape index (κ2) is 5.40. The van der Waals surface area contributed by atoms with Gasteiger partial charge < -0.3 is 4.98 Å². The third-order valence-corrected chi connectivity index (χ3v) is 3.25. The maximum Gasteiger partial charge on any atom is 0.325 e. The average molecular weight is 283 g/mol. The summed E-state index contributed by atoms with van der Waals surface area (Å²) in [7, 11) is 0. The van der Waals surface area contributed by atoms with Crippen LogP contribution in [0.2, 0.25) is 5.02 Å². The van der Waals surface area contributed by atoms with Crippen LogP contribution >= 0.6 is 11.6 Å². The number of H-pyrrole nitrogens is 2. The van der Waals surface area contributed by atoms with Crippen molar-refractivity contribution in [2.24, 2.45) is 0 Å². The summed E-state index contributed by atoms with van der Waals surface area (Å²) >= 11 is 5.94. The molecular formula is C13H12ClFN2O2. The second-order valence-electron chi connectivity index (χ2n) is 4.10. The van der Waals surface area contributed by atoms with E-state index in [9.17, 15) is 14.0 Å². The summed E-state index contributed by atoms with van der Waals surface area (Å²) in [6.45, 7) is 1.79. The molecule has 19 heavy (non-hydrogen) atoms. The molecule has 0 radical (unpaired) electrons. The van der Waals surface area contributed by atoms with Crippen LogP contribution in [0.1, 0.15) is 23.7 Å². The molecular weight excluding hydrogens is 271 g/mol. The van der Waals surface area contributed by atoms with Crippen LogP contribution < -0.4 is 11.2 Å². The first-order chi connectivity index (χ1) is 9.02. The van der Waals surface area contributed by atoms with Gasteiger partial charge in [-0.1, -0.05) is 24.6 Å². The topological polar surface area (TPSA) is 65.7 Å². The Morgan fingerprint density at radius 1 is 1.21 bits per heavy atom. The zero-order chi connectivity index (χ0) is 14.0. The van der Waals surface area contributed by atoms with Gasteiger partial charge in [-0.05, 0) is 18.6 Å². The van der Waals surface area contributed by atoms with Gasteiger partial charge in [0.2, 0.25) is 0 Å². The fraction of sp³-hybridized carbons (Fsp3) is 0.231. The lowest BCUT2D eigenvalue weighted by atomic mass is 10.0. The molecule has 2 rings (SSSR count). The molecule has 0 saturated carbocycles. The van der Waals surface area contributed by atoms with Crippen molar-refractivity contribution in [1.82, 2.24) is 9.97 Å². The van der Waals surface area contributed by atoms with E-state index in [1.165, 1.54) is 12.1 Å². The molecule has 1 aromatic carbocycles. The molecule has 0 unspecified atom stereocenters. The molecule has 0 bridgehead atoms. The molecule has 1 aromatic heterocycles. The molecule has 4 nitrogen and oxygen atoms in total. The average Bonchev–Trinajstić information content (AvgIpc) is 2.33. The molecule has 0 aliphatic rings. The third kappa shape index (κ3) is 2.76. The highest BCUT2D eigenvalue weighted by atomic mass is 35.5. The normalized spacial score (nSPS) is 10.7. The number of rotatable bonds is 3. The fourth-order valence-corrected chi connectivity index (χ4v) is 2.19. The van der Waals surface area contributed by atoms with Gasteiger partial charge in [0.15, 0.2) is 0 Å². The van der Waals surface area contributed by atoms with E-state index in [-0.39, 0.29) is 17.0 Å². The predicted molar refractivity (Wildman–Crippen MR) is 71.3 cm³/mol. The van der Waals surface area contributed by atoms with Crippen LogP contribution in [0.3, 0.4) is 0 Å². The molecule has 100 valence electrons. The maximum atomic E-state index is 13.7. The van der Waals surface area contributed by atoms with Crippen LogP contribution in [-0.4, -0.2) is 9.97 Å². The minimum absolute atomic E-state index is 0.0772. The predicted octanol–water partition coefficient (Wildman–Crippen LogP) is 2.01. The number of aromatic amines is 2. The highest BCUT2D eigenvalue weighted by Gasteiger charge is 2.13. The molecule has 6 heteroatoms. The molecule has 1 heterocycles. The van der Waals surface area contributed by atoms with Crippen LogP contribution in [0, 0.1) is 5.82 Å². The molecule has 0 amide bonds. The van der Waals surface area contributed by atoms with Gasteiger partial charge in [0, 0.05) is 28.3 Å². The number of hydrogen-bond acceptors (Lipinski definition) is 2. The smallest absolute Gasteiger partial charge is 0.311 e. The number of benzene rings is 1. The molecule has 0 saturated heterocycles. The largest absolute Gasteiger partial charge is 0.325 e. The van der Waals surface area contributed by atoms with Crippen LogP contribution in [0.15, 0.2) is 27.8 Å². The lowest BCUT2D eigenvalue weighted by Gasteiger charge is -2.08. The summed E-state index contributed by atoms with van der Waals surface area (Å²) in [4.78, 5) is 27.6. The van der Waals surface area contributed by atoms with Gasteiger partial charge in [-0.3, -0.25) is 9.78 Å². The van der Waals surface area contributed by atoms with Crippen molar-refractivity contribution in [1.29, 1.82) is 0 Å². The van der Waals surface area contributed by atoms with E-state index in [4.69, 9.17) is 11.6 Å². The number of aromatic nitrogens is 2. The molecule has 2 N–H and O–H groups in total. The van der Waals surface area contributed by atoms with E-state index in [2.05, 4.69) is 9.97 Å². The summed E-state index contributed by atoms with van der Waals surface area (Å²) in [5.74, 6) is -0.462. The van der Waals surface area contributed by atoms with Gasteiger partial charge in [-0.2, -0.15) is 0 Å².